The van der Waals surface area contributed by atoms with E-state index in [1.807, 2.05) is 0 Å². The second-order valence-corrected chi connectivity index (χ2v) is 5.60. The minimum atomic E-state index is -0.336. The lowest BCUT2D eigenvalue weighted by atomic mass is 10.0. The molecular formula is C13H27N3O2. The molecule has 2 amide bonds. The Morgan fingerprint density at radius 2 is 1.94 bits per heavy atom. The van der Waals surface area contributed by atoms with Crippen molar-refractivity contribution in [1.82, 2.24) is 9.80 Å². The van der Waals surface area contributed by atoms with Gasteiger partial charge in [-0.05, 0) is 31.7 Å². The number of nitrogens with zero attached hydrogens (tertiary/aromatic N) is 2. The third kappa shape index (κ3) is 5.69. The molecule has 0 aromatic heterocycles. The predicted molar refractivity (Wildman–Crippen MR) is 72.3 cm³/mol. The van der Waals surface area contributed by atoms with Crippen LogP contribution in [0.4, 0.5) is 4.79 Å². The zero-order valence-corrected chi connectivity index (χ0v) is 11.6. The molecule has 0 aromatic rings. The van der Waals surface area contributed by atoms with Crippen LogP contribution in [-0.4, -0.2) is 59.8 Å². The maximum Gasteiger partial charge on any atom is 0.314 e. The number of rotatable bonds is 5. The number of urea groups is 1. The monoisotopic (exact) mass is 257 g/mol. The topological polar surface area (TPSA) is 69.8 Å². The van der Waals surface area contributed by atoms with Crippen LogP contribution in [0.25, 0.3) is 0 Å². The molecule has 1 atom stereocenters. The Morgan fingerprint density at radius 1 is 1.22 bits per heavy atom. The summed E-state index contributed by atoms with van der Waals surface area (Å²) in [6.45, 7) is 8.19. The number of hydrogen-bond donors (Lipinski definition) is 2. The number of primary amides is 1. The standard InChI is InChI=1S/C13H27N3O2/c1-11(2)4-5-12(17)10-15-6-3-7-16(9-8-15)13(14)18/h11-12,17H,3-10H2,1-2H3,(H2,14,18)/t12-/m0/s1. The average molecular weight is 257 g/mol. The van der Waals surface area contributed by atoms with Crippen LogP contribution < -0.4 is 5.73 Å². The van der Waals surface area contributed by atoms with Crippen LogP contribution in [0.2, 0.25) is 0 Å². The lowest BCUT2D eigenvalue weighted by Gasteiger charge is -2.23. The number of carbonyl (C=O) groups excluding carboxylic acids is 1. The first-order chi connectivity index (χ1) is 8.49. The van der Waals surface area contributed by atoms with Gasteiger partial charge in [-0.3, -0.25) is 4.90 Å². The van der Waals surface area contributed by atoms with Gasteiger partial charge in [0.25, 0.3) is 0 Å². The minimum absolute atomic E-state index is 0.257. The van der Waals surface area contributed by atoms with E-state index in [0.29, 0.717) is 19.0 Å². The van der Waals surface area contributed by atoms with Crippen molar-refractivity contribution < 1.29 is 9.90 Å². The Labute approximate surface area is 110 Å². The molecule has 0 aliphatic carbocycles. The Balaban J connectivity index is 2.28. The molecule has 1 saturated heterocycles. The van der Waals surface area contributed by atoms with E-state index in [9.17, 15) is 9.90 Å². The summed E-state index contributed by atoms with van der Waals surface area (Å²) in [5, 5.41) is 9.97. The first-order valence-electron chi connectivity index (χ1n) is 6.94. The summed E-state index contributed by atoms with van der Waals surface area (Å²) in [6.07, 6.45) is 2.59. The largest absolute Gasteiger partial charge is 0.392 e. The SMILES string of the molecule is CC(C)CC[C@H](O)CN1CCCN(C(N)=O)CC1. The fraction of sp³-hybridized carbons (Fsp3) is 0.923. The number of β-amino-alcohol motifs (C(OH)–C–C–N with tert-alkyl or cyclic N) is 1. The van der Waals surface area contributed by atoms with Crippen LogP contribution in [0.1, 0.15) is 33.1 Å². The highest BCUT2D eigenvalue weighted by atomic mass is 16.3. The first kappa shape index (κ1) is 15.2. The van der Waals surface area contributed by atoms with Gasteiger partial charge in [0, 0.05) is 26.2 Å². The summed E-state index contributed by atoms with van der Waals surface area (Å²) in [5.74, 6) is 0.633. The molecule has 0 unspecified atom stereocenters. The van der Waals surface area contributed by atoms with E-state index in [4.69, 9.17) is 5.73 Å². The van der Waals surface area contributed by atoms with Crippen molar-refractivity contribution in [3.8, 4) is 0 Å². The van der Waals surface area contributed by atoms with Gasteiger partial charge in [0.1, 0.15) is 0 Å². The van der Waals surface area contributed by atoms with E-state index in [2.05, 4.69) is 18.7 Å². The molecular weight excluding hydrogens is 230 g/mol. The summed E-state index contributed by atoms with van der Waals surface area (Å²) < 4.78 is 0. The van der Waals surface area contributed by atoms with Gasteiger partial charge < -0.3 is 15.7 Å². The van der Waals surface area contributed by atoms with Crippen molar-refractivity contribution in [2.24, 2.45) is 11.7 Å². The van der Waals surface area contributed by atoms with Gasteiger partial charge in [-0.1, -0.05) is 13.8 Å². The Hall–Kier alpha value is -0.810. The second-order valence-electron chi connectivity index (χ2n) is 5.60. The molecule has 3 N–H and O–H groups in total. The average Bonchev–Trinajstić information content (AvgIpc) is 2.52. The first-order valence-corrected chi connectivity index (χ1v) is 6.94. The fourth-order valence-electron chi connectivity index (χ4n) is 2.29. The van der Waals surface area contributed by atoms with Crippen molar-refractivity contribution in [3.05, 3.63) is 0 Å². The molecule has 106 valence electrons. The van der Waals surface area contributed by atoms with Crippen molar-refractivity contribution >= 4 is 6.03 Å². The Kier molecular flexibility index (Phi) is 6.43. The molecule has 1 heterocycles. The van der Waals surface area contributed by atoms with Gasteiger partial charge in [0.05, 0.1) is 6.10 Å². The predicted octanol–water partition coefficient (Wildman–Crippen LogP) is 0.870. The maximum atomic E-state index is 11.1. The second kappa shape index (κ2) is 7.59. The van der Waals surface area contributed by atoms with Crippen molar-refractivity contribution in [2.75, 3.05) is 32.7 Å². The third-order valence-electron chi connectivity index (χ3n) is 3.45. The van der Waals surface area contributed by atoms with Crippen LogP contribution in [0.3, 0.4) is 0 Å². The molecule has 1 aliphatic rings. The molecule has 0 saturated carbocycles. The van der Waals surface area contributed by atoms with Crippen LogP contribution in [0, 0.1) is 5.92 Å². The van der Waals surface area contributed by atoms with Gasteiger partial charge in [0.15, 0.2) is 0 Å². The number of hydrogen-bond acceptors (Lipinski definition) is 3. The molecule has 5 heteroatoms. The number of aliphatic hydroxyl groups is 1. The van der Waals surface area contributed by atoms with E-state index in [1.165, 1.54) is 0 Å². The molecule has 1 fully saturated rings. The molecule has 0 spiro atoms. The van der Waals surface area contributed by atoms with E-state index in [1.54, 1.807) is 4.90 Å². The Morgan fingerprint density at radius 3 is 2.56 bits per heavy atom. The molecule has 0 bridgehead atoms. The quantitative estimate of drug-likeness (QED) is 0.768. The van der Waals surface area contributed by atoms with Crippen LogP contribution in [-0.2, 0) is 0 Å². The smallest absolute Gasteiger partial charge is 0.314 e. The van der Waals surface area contributed by atoms with Crippen LogP contribution in [0.15, 0.2) is 0 Å². The van der Waals surface area contributed by atoms with E-state index in [-0.39, 0.29) is 12.1 Å². The van der Waals surface area contributed by atoms with Gasteiger partial charge >= 0.3 is 6.03 Å². The highest BCUT2D eigenvalue weighted by Gasteiger charge is 2.18. The summed E-state index contributed by atoms with van der Waals surface area (Å²) in [6, 6.07) is -0.336. The molecule has 0 aromatic carbocycles. The summed E-state index contributed by atoms with van der Waals surface area (Å²) in [5.41, 5.74) is 5.28. The van der Waals surface area contributed by atoms with Crippen molar-refractivity contribution in [3.63, 3.8) is 0 Å². The third-order valence-corrected chi connectivity index (χ3v) is 3.45. The van der Waals surface area contributed by atoms with Crippen LogP contribution in [0.5, 0.6) is 0 Å². The van der Waals surface area contributed by atoms with Gasteiger partial charge in [-0.25, -0.2) is 4.79 Å². The van der Waals surface area contributed by atoms with Gasteiger partial charge in [-0.2, -0.15) is 0 Å². The molecule has 1 aliphatic heterocycles. The number of carbonyl (C=O) groups is 1. The lowest BCUT2D eigenvalue weighted by molar-refractivity contribution is 0.102. The Bertz CT molecular complexity index is 259. The lowest BCUT2D eigenvalue weighted by Crippen LogP contribution is -2.39. The normalized spacial score (nSPS) is 19.9. The van der Waals surface area contributed by atoms with E-state index < -0.39 is 0 Å². The maximum absolute atomic E-state index is 11.1. The van der Waals surface area contributed by atoms with Crippen LogP contribution >= 0.6 is 0 Å². The number of aliphatic hydroxyl groups excluding tert-OH is 1. The van der Waals surface area contributed by atoms with Gasteiger partial charge in [-0.15, -0.1) is 0 Å². The zero-order valence-electron chi connectivity index (χ0n) is 11.6. The molecule has 5 nitrogen and oxygen atoms in total. The summed E-state index contributed by atoms with van der Waals surface area (Å²) in [7, 11) is 0. The molecule has 0 radical (unpaired) electrons. The molecule has 18 heavy (non-hydrogen) atoms. The number of nitrogens with two attached hydrogens (primary N) is 1. The summed E-state index contributed by atoms with van der Waals surface area (Å²) >= 11 is 0. The van der Waals surface area contributed by atoms with Crippen molar-refractivity contribution in [1.29, 1.82) is 0 Å². The fourth-order valence-corrected chi connectivity index (χ4v) is 2.29. The summed E-state index contributed by atoms with van der Waals surface area (Å²) in [4.78, 5) is 15.0. The number of amides is 2. The minimum Gasteiger partial charge on any atom is -0.392 e. The van der Waals surface area contributed by atoms with Crippen molar-refractivity contribution in [2.45, 2.75) is 39.2 Å². The highest BCUT2D eigenvalue weighted by Crippen LogP contribution is 2.09. The zero-order chi connectivity index (χ0) is 13.5. The highest BCUT2D eigenvalue weighted by molar-refractivity contribution is 5.71. The van der Waals surface area contributed by atoms with E-state index in [0.717, 1.165) is 38.9 Å². The van der Waals surface area contributed by atoms with E-state index >= 15 is 0 Å². The molecule has 1 rings (SSSR count). The van der Waals surface area contributed by atoms with Gasteiger partial charge in [0.2, 0.25) is 0 Å².